The number of benzene rings is 1. The number of nitrogens with one attached hydrogen (secondary N) is 2. The summed E-state index contributed by atoms with van der Waals surface area (Å²) in [6.45, 7) is 2.06. The number of thiophene rings is 1. The molecule has 90 valence electrons. The van der Waals surface area contributed by atoms with Crippen LogP contribution >= 0.6 is 11.3 Å². The van der Waals surface area contributed by atoms with Gasteiger partial charge in [-0.3, -0.25) is 0 Å². The van der Waals surface area contributed by atoms with Gasteiger partial charge in [0.15, 0.2) is 0 Å². The van der Waals surface area contributed by atoms with E-state index in [4.69, 9.17) is 0 Å². The van der Waals surface area contributed by atoms with E-state index in [0.29, 0.717) is 5.95 Å². The molecule has 5 heteroatoms. The summed E-state index contributed by atoms with van der Waals surface area (Å²) < 4.78 is 0. The Hall–Kier alpha value is -2.14. The van der Waals surface area contributed by atoms with Crippen LogP contribution in [0.2, 0.25) is 0 Å². The third-order valence-corrected chi connectivity index (χ3v) is 3.35. The van der Waals surface area contributed by atoms with E-state index in [1.807, 2.05) is 29.6 Å². The van der Waals surface area contributed by atoms with Crippen LogP contribution in [0.1, 0.15) is 10.4 Å². The Morgan fingerprint density at radius 1 is 1.39 bits per heavy atom. The van der Waals surface area contributed by atoms with Gasteiger partial charge in [-0.1, -0.05) is 12.1 Å². The van der Waals surface area contributed by atoms with E-state index in [-0.39, 0.29) is 0 Å². The number of aromatic nitrogens is 2. The maximum absolute atomic E-state index is 4.40. The number of H-pyrrole nitrogens is 1. The number of imidazole rings is 1. The Kier molecular flexibility index (Phi) is 2.82. The molecular formula is C13H12N4S. The number of aryl methyl sites for hydroxylation is 1. The van der Waals surface area contributed by atoms with Crippen LogP contribution in [0.3, 0.4) is 0 Å². The van der Waals surface area contributed by atoms with Crippen LogP contribution in [-0.2, 0) is 0 Å². The molecular weight excluding hydrogens is 244 g/mol. The molecule has 0 aliphatic carbocycles. The van der Waals surface area contributed by atoms with Crippen LogP contribution in [-0.4, -0.2) is 16.2 Å². The van der Waals surface area contributed by atoms with Gasteiger partial charge in [0.25, 0.3) is 0 Å². The first kappa shape index (κ1) is 11.0. The highest BCUT2D eigenvalue weighted by Crippen LogP contribution is 2.15. The van der Waals surface area contributed by atoms with Crippen molar-refractivity contribution >= 4 is 34.5 Å². The number of nitrogens with zero attached hydrogens (tertiary/aromatic N) is 2. The van der Waals surface area contributed by atoms with Crippen LogP contribution in [0.15, 0.2) is 40.8 Å². The number of anilines is 1. The van der Waals surface area contributed by atoms with Crippen molar-refractivity contribution in [2.24, 2.45) is 5.10 Å². The second-order valence-electron chi connectivity index (χ2n) is 3.99. The highest BCUT2D eigenvalue weighted by molar-refractivity contribution is 7.11. The molecule has 18 heavy (non-hydrogen) atoms. The van der Waals surface area contributed by atoms with Gasteiger partial charge in [0.2, 0.25) is 5.95 Å². The molecule has 2 N–H and O–H groups in total. The zero-order chi connectivity index (χ0) is 12.4. The smallest absolute Gasteiger partial charge is 0.222 e. The predicted octanol–water partition coefficient (Wildman–Crippen LogP) is 3.38. The number of hydrazone groups is 1. The summed E-state index contributed by atoms with van der Waals surface area (Å²) in [5, 5.41) is 6.16. The Morgan fingerprint density at radius 2 is 2.33 bits per heavy atom. The normalized spacial score (nSPS) is 11.4. The van der Waals surface area contributed by atoms with E-state index in [0.717, 1.165) is 15.9 Å². The van der Waals surface area contributed by atoms with Gasteiger partial charge in [0.05, 0.1) is 17.2 Å². The monoisotopic (exact) mass is 256 g/mol. The fourth-order valence-corrected chi connectivity index (χ4v) is 2.28. The van der Waals surface area contributed by atoms with Crippen molar-refractivity contribution < 1.29 is 0 Å². The number of rotatable bonds is 3. The highest BCUT2D eigenvalue weighted by Gasteiger charge is 2.00. The molecule has 0 atom stereocenters. The van der Waals surface area contributed by atoms with Gasteiger partial charge >= 0.3 is 0 Å². The second kappa shape index (κ2) is 4.62. The van der Waals surface area contributed by atoms with Crippen LogP contribution < -0.4 is 5.43 Å². The molecule has 0 fully saturated rings. The lowest BCUT2D eigenvalue weighted by molar-refractivity contribution is 1.22. The lowest BCUT2D eigenvalue weighted by Crippen LogP contribution is -1.90. The van der Waals surface area contributed by atoms with Crippen molar-refractivity contribution in [3.8, 4) is 0 Å². The number of fused-ring (bicyclic) bond motifs is 1. The third-order valence-electron chi connectivity index (χ3n) is 2.54. The molecule has 0 amide bonds. The van der Waals surface area contributed by atoms with Crippen molar-refractivity contribution in [1.82, 2.24) is 9.97 Å². The number of aromatic amines is 1. The summed E-state index contributed by atoms with van der Waals surface area (Å²) in [6.07, 6.45) is 1.78. The van der Waals surface area contributed by atoms with E-state index < -0.39 is 0 Å². The van der Waals surface area contributed by atoms with Gasteiger partial charge in [-0.05, 0) is 36.1 Å². The van der Waals surface area contributed by atoms with E-state index in [1.54, 1.807) is 17.6 Å². The van der Waals surface area contributed by atoms with E-state index >= 15 is 0 Å². The Morgan fingerprint density at radius 3 is 3.17 bits per heavy atom. The zero-order valence-electron chi connectivity index (χ0n) is 9.84. The average molecular weight is 256 g/mol. The molecule has 0 spiro atoms. The van der Waals surface area contributed by atoms with Gasteiger partial charge in [0, 0.05) is 4.88 Å². The topological polar surface area (TPSA) is 53.1 Å². The number of hydrogen-bond donors (Lipinski definition) is 2. The van der Waals surface area contributed by atoms with Crippen molar-refractivity contribution in [3.63, 3.8) is 0 Å². The van der Waals surface area contributed by atoms with Crippen molar-refractivity contribution in [1.29, 1.82) is 0 Å². The molecule has 4 nitrogen and oxygen atoms in total. The van der Waals surface area contributed by atoms with Crippen molar-refractivity contribution in [2.45, 2.75) is 6.92 Å². The van der Waals surface area contributed by atoms with Crippen LogP contribution in [0.25, 0.3) is 11.0 Å². The van der Waals surface area contributed by atoms with E-state index in [9.17, 15) is 0 Å². The lowest BCUT2D eigenvalue weighted by Gasteiger charge is -1.91. The molecule has 0 aliphatic heterocycles. The standard InChI is InChI=1S/C13H12N4S/c1-9-4-5-11-12(7-9)16-13(15-11)17-14-8-10-3-2-6-18-10/h2-8H,1H3,(H2,15,16,17)/b14-8-. The average Bonchev–Trinajstić information content (AvgIpc) is 2.97. The SMILES string of the molecule is Cc1ccc2nc(N/N=C\c3cccs3)[nH]c2c1. The maximum Gasteiger partial charge on any atom is 0.222 e. The van der Waals surface area contributed by atoms with E-state index in [2.05, 4.69) is 33.5 Å². The van der Waals surface area contributed by atoms with Crippen molar-refractivity contribution in [2.75, 3.05) is 5.43 Å². The molecule has 0 unspecified atom stereocenters. The molecule has 0 aliphatic rings. The van der Waals surface area contributed by atoms with Gasteiger partial charge in [0.1, 0.15) is 0 Å². The molecule has 2 heterocycles. The summed E-state index contributed by atoms with van der Waals surface area (Å²) in [4.78, 5) is 8.69. The predicted molar refractivity (Wildman–Crippen MR) is 76.4 cm³/mol. The third kappa shape index (κ3) is 2.26. The Labute approximate surface area is 108 Å². The first-order valence-electron chi connectivity index (χ1n) is 5.60. The minimum absolute atomic E-state index is 0.656. The van der Waals surface area contributed by atoms with Gasteiger partial charge in [-0.25, -0.2) is 10.4 Å². The molecule has 1 aromatic carbocycles. The minimum Gasteiger partial charge on any atom is -0.323 e. The fourth-order valence-electron chi connectivity index (χ4n) is 1.70. The number of hydrogen-bond acceptors (Lipinski definition) is 4. The maximum atomic E-state index is 4.40. The van der Waals surface area contributed by atoms with Crippen LogP contribution in [0, 0.1) is 6.92 Å². The summed E-state index contributed by atoms with van der Waals surface area (Å²) in [5.74, 6) is 0.656. The first-order chi connectivity index (χ1) is 8.81. The molecule has 3 aromatic rings. The largest absolute Gasteiger partial charge is 0.323 e. The highest BCUT2D eigenvalue weighted by atomic mass is 32.1. The first-order valence-corrected chi connectivity index (χ1v) is 6.48. The summed E-state index contributed by atoms with van der Waals surface area (Å²) >= 11 is 1.65. The fraction of sp³-hybridized carbons (Fsp3) is 0.0769. The van der Waals surface area contributed by atoms with Crippen molar-refractivity contribution in [3.05, 3.63) is 46.2 Å². The molecule has 0 saturated carbocycles. The lowest BCUT2D eigenvalue weighted by atomic mass is 10.2. The van der Waals surface area contributed by atoms with Crippen LogP contribution in [0.5, 0.6) is 0 Å². The Balaban J connectivity index is 1.79. The molecule has 0 radical (unpaired) electrons. The molecule has 0 saturated heterocycles. The van der Waals surface area contributed by atoms with Crippen LogP contribution in [0.4, 0.5) is 5.95 Å². The molecule has 3 rings (SSSR count). The second-order valence-corrected chi connectivity index (χ2v) is 4.97. The summed E-state index contributed by atoms with van der Waals surface area (Å²) in [6, 6.07) is 10.1. The molecule has 0 bridgehead atoms. The molecule has 2 aromatic heterocycles. The Bertz CT molecular complexity index is 682. The van der Waals surface area contributed by atoms with E-state index in [1.165, 1.54) is 5.56 Å². The summed E-state index contributed by atoms with van der Waals surface area (Å²) in [5.41, 5.74) is 6.07. The quantitative estimate of drug-likeness (QED) is 0.557. The van der Waals surface area contributed by atoms with Gasteiger partial charge in [-0.15, -0.1) is 11.3 Å². The van der Waals surface area contributed by atoms with Gasteiger partial charge < -0.3 is 4.98 Å². The zero-order valence-corrected chi connectivity index (χ0v) is 10.7. The van der Waals surface area contributed by atoms with Gasteiger partial charge in [-0.2, -0.15) is 5.10 Å². The minimum atomic E-state index is 0.656. The summed E-state index contributed by atoms with van der Waals surface area (Å²) in [7, 11) is 0.